The van der Waals surface area contributed by atoms with Crippen LogP contribution in [0.15, 0.2) is 41.3 Å². The zero-order chi connectivity index (χ0) is 25.5. The number of cyclic esters (lactones) is 1. The number of anilines is 2. The summed E-state index contributed by atoms with van der Waals surface area (Å²) in [5.41, 5.74) is 1.45. The van der Waals surface area contributed by atoms with Gasteiger partial charge in [0.2, 0.25) is 0 Å². The fourth-order valence-corrected chi connectivity index (χ4v) is 5.46. The first kappa shape index (κ1) is 24.1. The Morgan fingerprint density at radius 2 is 2.03 bits per heavy atom. The molecule has 0 spiro atoms. The topological polar surface area (TPSA) is 122 Å². The van der Waals surface area contributed by atoms with Crippen LogP contribution >= 0.6 is 0 Å². The van der Waals surface area contributed by atoms with Crippen LogP contribution in [-0.4, -0.2) is 33.9 Å². The lowest BCUT2D eigenvalue weighted by Gasteiger charge is -2.34. The van der Waals surface area contributed by atoms with E-state index >= 15 is 0 Å². The number of aromatic nitrogens is 3. The van der Waals surface area contributed by atoms with Crippen molar-refractivity contribution in [1.82, 2.24) is 14.8 Å². The minimum atomic E-state index is -0.632. The third-order valence-corrected chi connectivity index (χ3v) is 6.97. The molecule has 2 unspecified atom stereocenters. The number of nitrogens with one attached hydrogen (secondary N) is 2. The van der Waals surface area contributed by atoms with Gasteiger partial charge in [0, 0.05) is 31.3 Å². The number of carbonyl (C=O) groups is 1. The summed E-state index contributed by atoms with van der Waals surface area (Å²) in [5, 5.41) is 18.1. The third kappa shape index (κ3) is 4.49. The number of aromatic amines is 1. The van der Waals surface area contributed by atoms with Crippen molar-refractivity contribution in [2.75, 3.05) is 18.5 Å². The van der Waals surface area contributed by atoms with Crippen molar-refractivity contribution >= 4 is 28.4 Å². The van der Waals surface area contributed by atoms with Crippen LogP contribution in [0.5, 0.6) is 0 Å². The maximum Gasteiger partial charge on any atom is 0.306 e. The summed E-state index contributed by atoms with van der Waals surface area (Å²) in [6, 6.07) is 11.6. The summed E-state index contributed by atoms with van der Waals surface area (Å²) in [4.78, 5) is 27.6. The van der Waals surface area contributed by atoms with Gasteiger partial charge in [0.25, 0.3) is 5.56 Å². The van der Waals surface area contributed by atoms with Crippen LogP contribution < -0.4 is 10.9 Å². The number of pyridine rings is 1. The molecule has 0 saturated carbocycles. The summed E-state index contributed by atoms with van der Waals surface area (Å²) >= 11 is 0. The molecule has 4 heterocycles. The quantitative estimate of drug-likeness (QED) is 0.505. The van der Waals surface area contributed by atoms with Gasteiger partial charge in [-0.3, -0.25) is 14.3 Å². The Hall–Kier alpha value is -3.64. The highest BCUT2D eigenvalue weighted by molar-refractivity contribution is 5.91. The molecule has 9 nitrogen and oxygen atoms in total. The van der Waals surface area contributed by atoms with Crippen molar-refractivity contribution in [3.8, 4) is 6.07 Å². The fraction of sp³-hybridized carbons (Fsp3) is 0.481. The molecule has 188 valence electrons. The van der Waals surface area contributed by atoms with Gasteiger partial charge in [0.1, 0.15) is 11.0 Å². The number of ether oxygens (including phenoxy) is 2. The van der Waals surface area contributed by atoms with E-state index in [1.165, 1.54) is 0 Å². The minimum Gasteiger partial charge on any atom is -0.454 e. The average Bonchev–Trinajstić information content (AvgIpc) is 3.40. The highest BCUT2D eigenvalue weighted by atomic mass is 16.6. The molecule has 2 N–H and O–H groups in total. The monoisotopic (exact) mass is 489 g/mol. The summed E-state index contributed by atoms with van der Waals surface area (Å²) in [5.74, 6) is 0.0000123. The summed E-state index contributed by atoms with van der Waals surface area (Å²) in [6.45, 7) is 7.33. The summed E-state index contributed by atoms with van der Waals surface area (Å²) < 4.78 is 13.3. The minimum absolute atomic E-state index is 0.0154. The molecular formula is C27H31N5O4. The van der Waals surface area contributed by atoms with Crippen LogP contribution in [0.4, 0.5) is 11.5 Å². The molecule has 2 aromatic heterocycles. The van der Waals surface area contributed by atoms with Gasteiger partial charge in [-0.05, 0) is 42.0 Å². The van der Waals surface area contributed by atoms with Gasteiger partial charge in [0.05, 0.1) is 30.2 Å². The molecule has 2 aliphatic heterocycles. The van der Waals surface area contributed by atoms with Gasteiger partial charge in [0.15, 0.2) is 5.82 Å². The number of benzene rings is 1. The SMILES string of the molecule is CC(C)(C)CC1(c2ccc(Nc3nn([C@H]4COCCC4C#N)c4cc[nH]c(=O)c34)cc2)CCC(=O)O1. The van der Waals surface area contributed by atoms with Crippen molar-refractivity contribution in [2.45, 2.75) is 58.1 Å². The van der Waals surface area contributed by atoms with Crippen LogP contribution in [0.25, 0.3) is 10.9 Å². The number of rotatable bonds is 5. The lowest BCUT2D eigenvalue weighted by molar-refractivity contribution is -0.151. The lowest BCUT2D eigenvalue weighted by atomic mass is 9.76. The number of H-pyrrole nitrogens is 1. The summed E-state index contributed by atoms with van der Waals surface area (Å²) in [6.07, 6.45) is 4.01. The average molecular weight is 490 g/mol. The normalized spacial score (nSPS) is 24.4. The number of hydrogen-bond acceptors (Lipinski definition) is 7. The Kier molecular flexibility index (Phi) is 6.08. The van der Waals surface area contributed by atoms with Gasteiger partial charge in [-0.2, -0.15) is 10.4 Å². The van der Waals surface area contributed by atoms with E-state index in [4.69, 9.17) is 14.6 Å². The zero-order valence-electron chi connectivity index (χ0n) is 20.8. The molecule has 0 amide bonds. The van der Waals surface area contributed by atoms with Gasteiger partial charge in [-0.25, -0.2) is 0 Å². The second-order valence-corrected chi connectivity index (χ2v) is 10.9. The van der Waals surface area contributed by atoms with E-state index < -0.39 is 5.60 Å². The van der Waals surface area contributed by atoms with Crippen LogP contribution in [0, 0.1) is 22.7 Å². The van der Waals surface area contributed by atoms with E-state index in [1.807, 2.05) is 24.3 Å². The third-order valence-electron chi connectivity index (χ3n) is 6.97. The number of nitriles is 1. The van der Waals surface area contributed by atoms with E-state index in [9.17, 15) is 14.9 Å². The molecule has 0 aliphatic carbocycles. The Bertz CT molecular complexity index is 1380. The molecule has 2 saturated heterocycles. The molecule has 3 aromatic rings. The van der Waals surface area contributed by atoms with Crippen molar-refractivity contribution in [1.29, 1.82) is 5.26 Å². The predicted molar refractivity (Wildman–Crippen MR) is 135 cm³/mol. The second kappa shape index (κ2) is 9.10. The van der Waals surface area contributed by atoms with E-state index in [1.54, 1.807) is 16.9 Å². The predicted octanol–water partition coefficient (Wildman–Crippen LogP) is 4.54. The smallest absolute Gasteiger partial charge is 0.306 e. The Balaban J connectivity index is 1.48. The molecule has 0 radical (unpaired) electrons. The van der Waals surface area contributed by atoms with E-state index in [2.05, 4.69) is 37.1 Å². The largest absolute Gasteiger partial charge is 0.454 e. The highest BCUT2D eigenvalue weighted by Crippen LogP contribution is 2.45. The van der Waals surface area contributed by atoms with Crippen molar-refractivity contribution in [3.05, 3.63) is 52.4 Å². The molecule has 5 rings (SSSR count). The Morgan fingerprint density at radius 3 is 2.69 bits per heavy atom. The number of carbonyl (C=O) groups excluding carboxylic acids is 1. The second-order valence-electron chi connectivity index (χ2n) is 10.9. The molecule has 2 fully saturated rings. The maximum absolute atomic E-state index is 12.8. The molecular weight excluding hydrogens is 458 g/mol. The van der Waals surface area contributed by atoms with Crippen molar-refractivity contribution in [2.24, 2.45) is 11.3 Å². The van der Waals surface area contributed by atoms with Crippen LogP contribution in [0.3, 0.4) is 0 Å². The zero-order valence-corrected chi connectivity index (χ0v) is 20.8. The molecule has 3 atom stereocenters. The molecule has 9 heteroatoms. The first-order valence-electron chi connectivity index (χ1n) is 12.4. The van der Waals surface area contributed by atoms with Crippen molar-refractivity contribution < 1.29 is 14.3 Å². The van der Waals surface area contributed by atoms with Crippen LogP contribution in [0.1, 0.15) is 58.1 Å². The van der Waals surface area contributed by atoms with E-state index in [-0.39, 0.29) is 28.9 Å². The van der Waals surface area contributed by atoms with E-state index in [0.717, 1.165) is 17.7 Å². The Morgan fingerprint density at radius 1 is 1.25 bits per heavy atom. The number of fused-ring (bicyclic) bond motifs is 1. The highest BCUT2D eigenvalue weighted by Gasteiger charge is 2.44. The van der Waals surface area contributed by atoms with Crippen molar-refractivity contribution in [3.63, 3.8) is 0 Å². The fourth-order valence-electron chi connectivity index (χ4n) is 5.46. The van der Waals surface area contributed by atoms with Gasteiger partial charge >= 0.3 is 5.97 Å². The number of esters is 1. The first-order chi connectivity index (χ1) is 17.2. The van der Waals surface area contributed by atoms with Gasteiger partial charge < -0.3 is 19.8 Å². The summed E-state index contributed by atoms with van der Waals surface area (Å²) in [7, 11) is 0. The molecule has 2 aliphatic rings. The van der Waals surface area contributed by atoms with Gasteiger partial charge in [-0.15, -0.1) is 0 Å². The van der Waals surface area contributed by atoms with Crippen LogP contribution in [0.2, 0.25) is 0 Å². The first-order valence-corrected chi connectivity index (χ1v) is 12.4. The molecule has 36 heavy (non-hydrogen) atoms. The van der Waals surface area contributed by atoms with Gasteiger partial charge in [-0.1, -0.05) is 32.9 Å². The maximum atomic E-state index is 12.8. The van der Waals surface area contributed by atoms with Crippen LogP contribution in [-0.2, 0) is 19.9 Å². The lowest BCUT2D eigenvalue weighted by Crippen LogP contribution is -2.31. The Labute approximate surface area is 209 Å². The molecule has 1 aromatic carbocycles. The molecule has 0 bridgehead atoms. The number of nitrogens with zero attached hydrogens (tertiary/aromatic N) is 3. The van der Waals surface area contributed by atoms with E-state index in [0.29, 0.717) is 49.2 Å². The standard InChI is InChI=1S/C27H31N5O4/c1-26(2,3)16-27(11-8-22(33)36-27)18-4-6-19(7-5-18)30-24-23-20(9-12-29-25(23)34)32(31-24)21-15-35-13-10-17(21)14-28/h4-7,9,12,17,21H,8,10-11,13,15-16H2,1-3H3,(H,29,34)(H,30,31)/t17?,21-,27?/m0/s1. The number of hydrogen-bond donors (Lipinski definition) is 2.